The molecule has 36 heavy (non-hydrogen) atoms. The van der Waals surface area contributed by atoms with E-state index in [0.717, 1.165) is 6.42 Å². The first-order chi connectivity index (χ1) is 17.0. The van der Waals surface area contributed by atoms with Crippen molar-refractivity contribution in [1.29, 1.82) is 5.41 Å². The summed E-state index contributed by atoms with van der Waals surface area (Å²) >= 11 is 0. The van der Waals surface area contributed by atoms with Gasteiger partial charge in [-0.2, -0.15) is 0 Å². The van der Waals surface area contributed by atoms with Crippen molar-refractivity contribution in [2.75, 3.05) is 18.4 Å². The van der Waals surface area contributed by atoms with Gasteiger partial charge in [0.2, 0.25) is 17.7 Å². The van der Waals surface area contributed by atoms with Gasteiger partial charge in [-0.05, 0) is 43.7 Å². The summed E-state index contributed by atoms with van der Waals surface area (Å²) in [6.07, 6.45) is 2.51. The minimum absolute atomic E-state index is 0.0317. The summed E-state index contributed by atoms with van der Waals surface area (Å²) in [7, 11) is 0. The van der Waals surface area contributed by atoms with E-state index in [1.54, 1.807) is 0 Å². The van der Waals surface area contributed by atoms with Gasteiger partial charge >= 0.3 is 0 Å². The number of likely N-dealkylation sites (tertiary alicyclic amines) is 1. The third-order valence-corrected chi connectivity index (χ3v) is 6.34. The number of carbonyl (C=O) groups is 3. The van der Waals surface area contributed by atoms with Crippen LogP contribution >= 0.6 is 0 Å². The quantitative estimate of drug-likeness (QED) is 0.0780. The minimum atomic E-state index is -0.942. The molecular formula is C23H36N8O5. The molecule has 4 atom stereocenters. The highest BCUT2D eigenvalue weighted by molar-refractivity contribution is 5.98. The molecule has 0 spiro atoms. The lowest BCUT2D eigenvalue weighted by molar-refractivity contribution is -0.384. The van der Waals surface area contributed by atoms with E-state index >= 15 is 0 Å². The van der Waals surface area contributed by atoms with Gasteiger partial charge in [-0.25, -0.2) is 0 Å². The molecular weight excluding hydrogens is 468 g/mol. The minimum Gasteiger partial charge on any atom is -0.370 e. The Morgan fingerprint density at radius 1 is 1.28 bits per heavy atom. The van der Waals surface area contributed by atoms with Crippen LogP contribution in [-0.2, 0) is 14.4 Å². The maximum atomic E-state index is 13.2. The maximum Gasteiger partial charge on any atom is 0.269 e. The second-order valence-electron chi connectivity index (χ2n) is 8.94. The van der Waals surface area contributed by atoms with Gasteiger partial charge < -0.3 is 32.3 Å². The molecule has 198 valence electrons. The topological polar surface area (TPSA) is 210 Å². The first-order valence-corrected chi connectivity index (χ1v) is 12.0. The molecule has 1 aromatic carbocycles. The predicted molar refractivity (Wildman–Crippen MR) is 135 cm³/mol. The molecule has 13 heteroatoms. The summed E-state index contributed by atoms with van der Waals surface area (Å²) < 4.78 is 0. The van der Waals surface area contributed by atoms with Crippen LogP contribution in [0.3, 0.4) is 0 Å². The summed E-state index contributed by atoms with van der Waals surface area (Å²) in [4.78, 5) is 50.9. The summed E-state index contributed by atoms with van der Waals surface area (Å²) in [6, 6.07) is 2.97. The van der Waals surface area contributed by atoms with Crippen molar-refractivity contribution in [3.8, 4) is 0 Å². The molecule has 0 radical (unpaired) electrons. The number of amides is 3. The molecule has 1 aliphatic heterocycles. The third kappa shape index (κ3) is 7.90. The number of rotatable bonds is 12. The van der Waals surface area contributed by atoms with Crippen molar-refractivity contribution >= 4 is 35.1 Å². The maximum absolute atomic E-state index is 13.2. The summed E-state index contributed by atoms with van der Waals surface area (Å²) in [5.41, 5.74) is 11.6. The van der Waals surface area contributed by atoms with Gasteiger partial charge in [0.05, 0.1) is 11.0 Å². The number of guanidine groups is 1. The van der Waals surface area contributed by atoms with E-state index in [2.05, 4.69) is 16.0 Å². The highest BCUT2D eigenvalue weighted by Crippen LogP contribution is 2.21. The first-order valence-electron chi connectivity index (χ1n) is 12.0. The molecule has 0 saturated carbocycles. The van der Waals surface area contributed by atoms with Crippen LogP contribution in [0.1, 0.15) is 46.0 Å². The molecule has 1 aliphatic rings. The van der Waals surface area contributed by atoms with Crippen LogP contribution in [0.4, 0.5) is 11.4 Å². The molecule has 13 nitrogen and oxygen atoms in total. The van der Waals surface area contributed by atoms with Gasteiger partial charge in [0.15, 0.2) is 5.96 Å². The average molecular weight is 505 g/mol. The van der Waals surface area contributed by atoms with E-state index in [-0.39, 0.29) is 29.9 Å². The fourth-order valence-corrected chi connectivity index (χ4v) is 3.95. The molecule has 1 fully saturated rings. The SMILES string of the molecule is CC[C@@H](C)[C@@H](N)C(=O)N1CCC[C@H]1C(=O)N[C@@H](CCCNC(=N)N)C(=O)Nc1ccc([N+](=O)[O-])cc1. The number of nitrogens with two attached hydrogens (primary N) is 2. The highest BCUT2D eigenvalue weighted by Gasteiger charge is 2.38. The molecule has 2 rings (SSSR count). The summed E-state index contributed by atoms with van der Waals surface area (Å²) in [6.45, 7) is 4.58. The van der Waals surface area contributed by atoms with Gasteiger partial charge in [-0.3, -0.25) is 29.9 Å². The normalized spacial score (nSPS) is 17.5. The highest BCUT2D eigenvalue weighted by atomic mass is 16.6. The zero-order valence-electron chi connectivity index (χ0n) is 20.7. The number of nitro benzene ring substituents is 1. The fraction of sp³-hybridized carbons (Fsp3) is 0.565. The number of hydrogen-bond donors (Lipinski definition) is 6. The van der Waals surface area contributed by atoms with E-state index in [1.807, 2.05) is 13.8 Å². The van der Waals surface area contributed by atoms with Crippen molar-refractivity contribution in [3.63, 3.8) is 0 Å². The lowest BCUT2D eigenvalue weighted by Crippen LogP contribution is -2.55. The van der Waals surface area contributed by atoms with Crippen molar-refractivity contribution in [1.82, 2.24) is 15.5 Å². The molecule has 0 aliphatic carbocycles. The Morgan fingerprint density at radius 3 is 2.53 bits per heavy atom. The number of benzene rings is 1. The summed E-state index contributed by atoms with van der Waals surface area (Å²) in [5.74, 6) is -1.47. The van der Waals surface area contributed by atoms with Crippen LogP contribution in [-0.4, -0.2) is 64.7 Å². The van der Waals surface area contributed by atoms with Crippen molar-refractivity contribution in [3.05, 3.63) is 34.4 Å². The average Bonchev–Trinajstić information content (AvgIpc) is 3.34. The van der Waals surface area contributed by atoms with Gasteiger partial charge in [-0.15, -0.1) is 0 Å². The van der Waals surface area contributed by atoms with Gasteiger partial charge in [-0.1, -0.05) is 20.3 Å². The smallest absolute Gasteiger partial charge is 0.269 e. The Kier molecular flexibility index (Phi) is 10.6. The van der Waals surface area contributed by atoms with Crippen LogP contribution in [0.5, 0.6) is 0 Å². The fourth-order valence-electron chi connectivity index (χ4n) is 3.95. The second-order valence-corrected chi connectivity index (χ2v) is 8.94. The third-order valence-electron chi connectivity index (χ3n) is 6.34. The Balaban J connectivity index is 2.11. The van der Waals surface area contributed by atoms with Gasteiger partial charge in [0.25, 0.3) is 5.69 Å². The lowest BCUT2D eigenvalue weighted by atomic mass is 9.98. The van der Waals surface area contributed by atoms with Crippen LogP contribution in [0.2, 0.25) is 0 Å². The molecule has 0 aromatic heterocycles. The van der Waals surface area contributed by atoms with Crippen LogP contribution in [0.15, 0.2) is 24.3 Å². The Labute approximate surface area is 210 Å². The molecule has 0 unspecified atom stereocenters. The number of carbonyl (C=O) groups excluding carboxylic acids is 3. The van der Waals surface area contributed by atoms with Crippen LogP contribution < -0.4 is 27.4 Å². The molecule has 1 aromatic rings. The van der Waals surface area contributed by atoms with Crippen LogP contribution in [0.25, 0.3) is 0 Å². The Bertz CT molecular complexity index is 954. The first kappa shape index (κ1) is 28.5. The van der Waals surface area contributed by atoms with E-state index in [4.69, 9.17) is 16.9 Å². The van der Waals surface area contributed by atoms with Crippen molar-refractivity contribution in [2.24, 2.45) is 17.4 Å². The van der Waals surface area contributed by atoms with Gasteiger partial charge in [0.1, 0.15) is 12.1 Å². The van der Waals surface area contributed by atoms with Crippen LogP contribution in [0, 0.1) is 21.4 Å². The summed E-state index contributed by atoms with van der Waals surface area (Å²) in [5, 5.41) is 26.2. The predicted octanol–water partition coefficient (Wildman–Crippen LogP) is 0.646. The van der Waals surface area contributed by atoms with E-state index in [1.165, 1.54) is 29.2 Å². The molecule has 0 bridgehead atoms. The number of nitrogens with one attached hydrogen (secondary N) is 4. The second kappa shape index (κ2) is 13.4. The van der Waals surface area contributed by atoms with E-state index < -0.39 is 34.9 Å². The number of anilines is 1. The molecule has 1 saturated heterocycles. The number of nitrogens with zero attached hydrogens (tertiary/aromatic N) is 2. The number of nitro groups is 1. The zero-order chi connectivity index (χ0) is 26.8. The largest absolute Gasteiger partial charge is 0.370 e. The monoisotopic (exact) mass is 504 g/mol. The lowest BCUT2D eigenvalue weighted by Gasteiger charge is -2.30. The zero-order valence-corrected chi connectivity index (χ0v) is 20.7. The number of non-ortho nitro benzene ring substituents is 1. The molecule has 1 heterocycles. The van der Waals surface area contributed by atoms with Crippen molar-refractivity contribution in [2.45, 2.75) is 64.1 Å². The standard InChI is InChI=1S/C23H36N8O5/c1-3-14(2)19(24)22(34)30-13-5-7-18(30)21(33)29-17(6-4-12-27-23(25)26)20(32)28-15-8-10-16(11-9-15)31(35)36/h8-11,14,17-19H,3-7,12-13,24H2,1-2H3,(H,28,32)(H,29,33)(H4,25,26,27)/t14-,17+,18+,19-/m1/s1. The Hall–Kier alpha value is -3.74. The van der Waals surface area contributed by atoms with Crippen molar-refractivity contribution < 1.29 is 19.3 Å². The number of hydrogen-bond acceptors (Lipinski definition) is 7. The van der Waals surface area contributed by atoms with E-state index in [9.17, 15) is 24.5 Å². The van der Waals surface area contributed by atoms with Gasteiger partial charge in [0, 0.05) is 30.9 Å². The van der Waals surface area contributed by atoms with E-state index in [0.29, 0.717) is 38.0 Å². The Morgan fingerprint density at radius 2 is 1.94 bits per heavy atom. The molecule has 3 amide bonds. The molecule has 8 N–H and O–H groups in total.